The van der Waals surface area contributed by atoms with Gasteiger partial charge in [0.15, 0.2) is 0 Å². The van der Waals surface area contributed by atoms with E-state index in [-0.39, 0.29) is 5.91 Å². The monoisotopic (exact) mass is 201 g/mol. The summed E-state index contributed by atoms with van der Waals surface area (Å²) in [5.41, 5.74) is 4.77. The van der Waals surface area contributed by atoms with E-state index in [0.717, 1.165) is 18.5 Å². The summed E-state index contributed by atoms with van der Waals surface area (Å²) in [6, 6.07) is 8.26. The van der Waals surface area contributed by atoms with E-state index in [1.165, 1.54) is 16.7 Å². The first-order chi connectivity index (χ1) is 7.18. The number of fused-ring (bicyclic) bond motifs is 1. The molecular weight excluding hydrogens is 186 g/mol. The predicted octanol–water partition coefficient (Wildman–Crippen LogP) is 2.50. The molecule has 1 aliphatic carbocycles. The van der Waals surface area contributed by atoms with E-state index in [1.807, 2.05) is 12.1 Å². The second kappa shape index (κ2) is 3.89. The van der Waals surface area contributed by atoms with Gasteiger partial charge in [0.1, 0.15) is 0 Å². The van der Waals surface area contributed by atoms with Gasteiger partial charge in [-0.05, 0) is 30.9 Å². The third-order valence-corrected chi connectivity index (χ3v) is 2.78. The molecule has 1 N–H and O–H groups in total. The van der Waals surface area contributed by atoms with Crippen molar-refractivity contribution in [2.45, 2.75) is 26.7 Å². The largest absolute Gasteiger partial charge is 0.326 e. The van der Waals surface area contributed by atoms with Gasteiger partial charge in [-0.1, -0.05) is 24.3 Å². The van der Waals surface area contributed by atoms with Gasteiger partial charge in [0.2, 0.25) is 5.91 Å². The number of amides is 1. The maximum Gasteiger partial charge on any atom is 0.221 e. The first-order valence-corrected chi connectivity index (χ1v) is 5.24. The first-order valence-electron chi connectivity index (χ1n) is 5.24. The minimum absolute atomic E-state index is 0.000975. The molecule has 0 aliphatic heterocycles. The summed E-state index contributed by atoms with van der Waals surface area (Å²) >= 11 is 0. The molecule has 1 aliphatic rings. The molecule has 0 unspecified atom stereocenters. The fraction of sp³-hybridized carbons (Fsp3) is 0.308. The van der Waals surface area contributed by atoms with E-state index >= 15 is 0 Å². The zero-order valence-electron chi connectivity index (χ0n) is 9.13. The second-order valence-electron chi connectivity index (χ2n) is 3.99. The Morgan fingerprint density at radius 1 is 1.27 bits per heavy atom. The quantitative estimate of drug-likeness (QED) is 0.743. The molecule has 0 aromatic heterocycles. The van der Waals surface area contributed by atoms with Crippen molar-refractivity contribution in [2.24, 2.45) is 0 Å². The van der Waals surface area contributed by atoms with Gasteiger partial charge in [-0.2, -0.15) is 0 Å². The van der Waals surface area contributed by atoms with Crippen molar-refractivity contribution in [3.63, 3.8) is 0 Å². The molecule has 2 rings (SSSR count). The highest BCUT2D eigenvalue weighted by Gasteiger charge is 2.16. The Balaban J connectivity index is 2.45. The molecule has 2 nitrogen and oxygen atoms in total. The van der Waals surface area contributed by atoms with Crippen LogP contribution in [-0.2, 0) is 11.2 Å². The Hall–Kier alpha value is -1.57. The van der Waals surface area contributed by atoms with Gasteiger partial charge in [-0.15, -0.1) is 0 Å². The number of carbonyl (C=O) groups excluding carboxylic acids is 1. The normalized spacial score (nSPS) is 14.8. The maximum atomic E-state index is 11.1. The van der Waals surface area contributed by atoms with Gasteiger partial charge in [-0.3, -0.25) is 4.79 Å². The molecule has 0 spiro atoms. The Morgan fingerprint density at radius 3 is 2.73 bits per heavy atom. The number of hydrogen-bond acceptors (Lipinski definition) is 1. The molecule has 78 valence electrons. The molecule has 2 heteroatoms. The highest BCUT2D eigenvalue weighted by Crippen LogP contribution is 2.28. The number of nitrogens with one attached hydrogen (secondary N) is 1. The zero-order chi connectivity index (χ0) is 10.8. The standard InChI is InChI=1S/C13H15NO/c1-9-7-8-11-5-3-4-6-12(11)13(9)14-10(2)15/h3-6H,7-8H2,1-2H3,(H,14,15). The lowest BCUT2D eigenvalue weighted by Crippen LogP contribution is -2.22. The topological polar surface area (TPSA) is 29.1 Å². The van der Waals surface area contributed by atoms with Crippen molar-refractivity contribution >= 4 is 11.6 Å². The van der Waals surface area contributed by atoms with Crippen molar-refractivity contribution in [3.05, 3.63) is 41.0 Å². The number of allylic oxidation sites excluding steroid dienone is 1. The summed E-state index contributed by atoms with van der Waals surface area (Å²) in [6.45, 7) is 3.64. The fourth-order valence-electron chi connectivity index (χ4n) is 2.01. The molecule has 0 heterocycles. The van der Waals surface area contributed by atoms with Crippen LogP contribution in [0.5, 0.6) is 0 Å². The van der Waals surface area contributed by atoms with Crippen LogP contribution in [0.25, 0.3) is 5.70 Å². The molecule has 1 amide bonds. The number of carbonyl (C=O) groups is 1. The Labute approximate surface area is 90.0 Å². The number of hydrogen-bond donors (Lipinski definition) is 1. The van der Waals surface area contributed by atoms with Crippen LogP contribution >= 0.6 is 0 Å². The summed E-state index contributed by atoms with van der Waals surface area (Å²) in [6.07, 6.45) is 2.11. The van der Waals surface area contributed by atoms with E-state index in [2.05, 4.69) is 24.4 Å². The summed E-state index contributed by atoms with van der Waals surface area (Å²) in [4.78, 5) is 11.1. The van der Waals surface area contributed by atoms with Crippen molar-refractivity contribution in [1.29, 1.82) is 0 Å². The molecule has 1 aromatic rings. The number of rotatable bonds is 1. The van der Waals surface area contributed by atoms with Crippen LogP contribution in [-0.4, -0.2) is 5.91 Å². The highest BCUT2D eigenvalue weighted by atomic mass is 16.1. The smallest absolute Gasteiger partial charge is 0.221 e. The molecule has 0 bridgehead atoms. The molecule has 0 atom stereocenters. The van der Waals surface area contributed by atoms with Crippen LogP contribution in [0.3, 0.4) is 0 Å². The molecule has 1 aromatic carbocycles. The van der Waals surface area contributed by atoms with Crippen LogP contribution in [0.4, 0.5) is 0 Å². The van der Waals surface area contributed by atoms with Gasteiger partial charge in [0.25, 0.3) is 0 Å². The minimum atomic E-state index is 0.000975. The van der Waals surface area contributed by atoms with Gasteiger partial charge in [0.05, 0.1) is 0 Å². The number of aryl methyl sites for hydroxylation is 1. The van der Waals surface area contributed by atoms with Crippen LogP contribution in [0.15, 0.2) is 29.8 Å². The van der Waals surface area contributed by atoms with Gasteiger partial charge in [-0.25, -0.2) is 0 Å². The van der Waals surface area contributed by atoms with Crippen LogP contribution in [0, 0.1) is 0 Å². The zero-order valence-corrected chi connectivity index (χ0v) is 9.13. The van der Waals surface area contributed by atoms with Crippen molar-refractivity contribution in [2.75, 3.05) is 0 Å². The van der Waals surface area contributed by atoms with Crippen LogP contribution in [0.1, 0.15) is 31.4 Å². The van der Waals surface area contributed by atoms with Crippen LogP contribution < -0.4 is 5.32 Å². The maximum absolute atomic E-state index is 11.1. The minimum Gasteiger partial charge on any atom is -0.326 e. The van der Waals surface area contributed by atoms with E-state index in [1.54, 1.807) is 6.92 Å². The summed E-state index contributed by atoms with van der Waals surface area (Å²) in [5, 5.41) is 2.93. The van der Waals surface area contributed by atoms with Gasteiger partial charge < -0.3 is 5.32 Å². The first kappa shape index (κ1) is 9.97. The van der Waals surface area contributed by atoms with Gasteiger partial charge in [0, 0.05) is 18.2 Å². The SMILES string of the molecule is CC(=O)NC1=C(C)CCc2ccccc21. The van der Waals surface area contributed by atoms with Crippen molar-refractivity contribution in [3.8, 4) is 0 Å². The molecule has 15 heavy (non-hydrogen) atoms. The summed E-state index contributed by atoms with van der Waals surface area (Å²) in [5.74, 6) is 0.000975. The highest BCUT2D eigenvalue weighted by molar-refractivity contribution is 5.87. The summed E-state index contributed by atoms with van der Waals surface area (Å²) < 4.78 is 0. The lowest BCUT2D eigenvalue weighted by atomic mass is 9.90. The van der Waals surface area contributed by atoms with Crippen molar-refractivity contribution in [1.82, 2.24) is 5.32 Å². The third-order valence-electron chi connectivity index (χ3n) is 2.78. The molecule has 0 radical (unpaired) electrons. The molecule has 0 saturated heterocycles. The average Bonchev–Trinajstić information content (AvgIpc) is 2.22. The number of benzene rings is 1. The van der Waals surface area contributed by atoms with Crippen molar-refractivity contribution < 1.29 is 4.79 Å². The molecule has 0 fully saturated rings. The predicted molar refractivity (Wildman–Crippen MR) is 61.2 cm³/mol. The molecular formula is C13H15NO. The Bertz CT molecular complexity index is 432. The van der Waals surface area contributed by atoms with E-state index in [4.69, 9.17) is 0 Å². The average molecular weight is 201 g/mol. The second-order valence-corrected chi connectivity index (χ2v) is 3.99. The third kappa shape index (κ3) is 1.94. The van der Waals surface area contributed by atoms with E-state index in [0.29, 0.717) is 0 Å². The lowest BCUT2D eigenvalue weighted by Gasteiger charge is -2.21. The van der Waals surface area contributed by atoms with E-state index < -0.39 is 0 Å². The van der Waals surface area contributed by atoms with Gasteiger partial charge >= 0.3 is 0 Å². The summed E-state index contributed by atoms with van der Waals surface area (Å²) in [7, 11) is 0. The Morgan fingerprint density at radius 2 is 2.00 bits per heavy atom. The van der Waals surface area contributed by atoms with Crippen LogP contribution in [0.2, 0.25) is 0 Å². The molecule has 0 saturated carbocycles. The fourth-order valence-corrected chi connectivity index (χ4v) is 2.01. The lowest BCUT2D eigenvalue weighted by molar-refractivity contribution is -0.117. The van der Waals surface area contributed by atoms with E-state index in [9.17, 15) is 4.79 Å². The Kier molecular flexibility index (Phi) is 2.58.